The second kappa shape index (κ2) is 8.64. The highest BCUT2D eigenvalue weighted by Crippen LogP contribution is 2.31. The van der Waals surface area contributed by atoms with Gasteiger partial charge in [0.25, 0.3) is 0 Å². The van der Waals surface area contributed by atoms with E-state index in [1.165, 1.54) is 14.2 Å². The molecule has 0 atom stereocenters. The van der Waals surface area contributed by atoms with Gasteiger partial charge in [0.2, 0.25) is 10.0 Å². The Bertz CT molecular complexity index is 640. The fourth-order valence-corrected chi connectivity index (χ4v) is 3.63. The molecule has 0 aliphatic carbocycles. The maximum absolute atomic E-state index is 14.1. The van der Waals surface area contributed by atoms with Crippen molar-refractivity contribution in [3.8, 4) is 11.5 Å². The standard InChI is InChI=1S/C16H27FN2O4S/c1-11(2)19(12(3)4)8-7-18-24(20,21)16-10-15(23-6)14(22-5)9-13(16)17/h9-12,18H,7-8H2,1-6H3. The van der Waals surface area contributed by atoms with Crippen molar-refractivity contribution in [2.45, 2.75) is 44.7 Å². The van der Waals surface area contributed by atoms with Gasteiger partial charge in [0.15, 0.2) is 11.5 Å². The molecule has 0 bridgehead atoms. The van der Waals surface area contributed by atoms with Gasteiger partial charge in [-0.1, -0.05) is 0 Å². The first-order valence-corrected chi connectivity index (χ1v) is 9.29. The van der Waals surface area contributed by atoms with Gasteiger partial charge >= 0.3 is 0 Å². The summed E-state index contributed by atoms with van der Waals surface area (Å²) in [4.78, 5) is 1.69. The highest BCUT2D eigenvalue weighted by Gasteiger charge is 2.23. The molecule has 1 aromatic carbocycles. The zero-order valence-electron chi connectivity index (χ0n) is 15.1. The predicted molar refractivity (Wildman–Crippen MR) is 91.7 cm³/mol. The number of halogens is 1. The number of methoxy groups -OCH3 is 2. The van der Waals surface area contributed by atoms with Crippen LogP contribution in [0.1, 0.15) is 27.7 Å². The van der Waals surface area contributed by atoms with Crippen molar-refractivity contribution in [1.82, 2.24) is 9.62 Å². The van der Waals surface area contributed by atoms with Crippen molar-refractivity contribution < 1.29 is 22.3 Å². The average Bonchev–Trinajstić information content (AvgIpc) is 2.50. The van der Waals surface area contributed by atoms with Crippen molar-refractivity contribution in [2.75, 3.05) is 27.3 Å². The van der Waals surface area contributed by atoms with E-state index in [0.717, 1.165) is 12.1 Å². The Balaban J connectivity index is 2.93. The van der Waals surface area contributed by atoms with E-state index in [2.05, 4.69) is 9.62 Å². The molecule has 1 rings (SSSR count). The van der Waals surface area contributed by atoms with Crippen molar-refractivity contribution >= 4 is 10.0 Å². The predicted octanol–water partition coefficient (Wildman–Crippen LogP) is 2.24. The van der Waals surface area contributed by atoms with E-state index in [4.69, 9.17) is 9.47 Å². The topological polar surface area (TPSA) is 67.9 Å². The first-order chi connectivity index (χ1) is 11.1. The van der Waals surface area contributed by atoms with E-state index in [-0.39, 0.29) is 30.1 Å². The van der Waals surface area contributed by atoms with Gasteiger partial charge in [0, 0.05) is 37.3 Å². The van der Waals surface area contributed by atoms with Gasteiger partial charge < -0.3 is 9.47 Å². The second-order valence-electron chi connectivity index (χ2n) is 5.96. The van der Waals surface area contributed by atoms with E-state index in [1.54, 1.807) is 0 Å². The Morgan fingerprint density at radius 3 is 2.04 bits per heavy atom. The van der Waals surface area contributed by atoms with Crippen LogP contribution in [0.3, 0.4) is 0 Å². The minimum absolute atomic E-state index is 0.139. The number of sulfonamides is 1. The number of ether oxygens (including phenoxy) is 2. The SMILES string of the molecule is COc1cc(F)c(S(=O)(=O)NCCN(C(C)C)C(C)C)cc1OC. The van der Waals surface area contributed by atoms with Crippen LogP contribution in [-0.2, 0) is 10.0 Å². The monoisotopic (exact) mass is 362 g/mol. The van der Waals surface area contributed by atoms with Gasteiger partial charge in [0.05, 0.1) is 14.2 Å². The molecule has 138 valence electrons. The minimum atomic E-state index is -3.98. The third-order valence-corrected chi connectivity index (χ3v) is 5.19. The number of rotatable bonds is 9. The second-order valence-corrected chi connectivity index (χ2v) is 7.70. The molecule has 1 aromatic rings. The van der Waals surface area contributed by atoms with Gasteiger partial charge in [0.1, 0.15) is 10.7 Å². The molecule has 0 unspecified atom stereocenters. The largest absolute Gasteiger partial charge is 0.493 e. The number of benzene rings is 1. The summed E-state index contributed by atoms with van der Waals surface area (Å²) in [5, 5.41) is 0. The summed E-state index contributed by atoms with van der Waals surface area (Å²) >= 11 is 0. The van der Waals surface area contributed by atoms with Gasteiger partial charge in [-0.3, -0.25) is 4.90 Å². The maximum Gasteiger partial charge on any atom is 0.243 e. The van der Waals surface area contributed by atoms with Crippen LogP contribution in [0.25, 0.3) is 0 Å². The van der Waals surface area contributed by atoms with Crippen LogP contribution in [-0.4, -0.2) is 52.7 Å². The zero-order chi connectivity index (χ0) is 18.5. The molecular formula is C16H27FN2O4S. The molecule has 0 heterocycles. The molecule has 0 spiro atoms. The van der Waals surface area contributed by atoms with Crippen molar-refractivity contribution in [3.05, 3.63) is 17.9 Å². The lowest BCUT2D eigenvalue weighted by Crippen LogP contribution is -2.42. The van der Waals surface area contributed by atoms with E-state index in [9.17, 15) is 12.8 Å². The van der Waals surface area contributed by atoms with Crippen LogP contribution >= 0.6 is 0 Å². The van der Waals surface area contributed by atoms with Crippen LogP contribution in [0.15, 0.2) is 17.0 Å². The molecule has 0 saturated heterocycles. The third kappa shape index (κ3) is 5.06. The lowest BCUT2D eigenvalue weighted by Gasteiger charge is -2.30. The Morgan fingerprint density at radius 2 is 1.58 bits per heavy atom. The molecule has 8 heteroatoms. The van der Waals surface area contributed by atoms with Crippen LogP contribution in [0.5, 0.6) is 11.5 Å². The van der Waals surface area contributed by atoms with E-state index in [0.29, 0.717) is 6.54 Å². The highest BCUT2D eigenvalue weighted by molar-refractivity contribution is 7.89. The van der Waals surface area contributed by atoms with Crippen LogP contribution in [0.4, 0.5) is 4.39 Å². The summed E-state index contributed by atoms with van der Waals surface area (Å²) in [5.74, 6) is -0.588. The number of hydrogen-bond acceptors (Lipinski definition) is 5. The molecule has 0 aliphatic heterocycles. The van der Waals surface area contributed by atoms with Crippen molar-refractivity contribution in [1.29, 1.82) is 0 Å². The van der Waals surface area contributed by atoms with E-state index < -0.39 is 20.7 Å². The summed E-state index contributed by atoms with van der Waals surface area (Å²) in [6, 6.07) is 2.70. The fourth-order valence-electron chi connectivity index (χ4n) is 2.54. The summed E-state index contributed by atoms with van der Waals surface area (Å²) in [6.07, 6.45) is 0. The molecule has 0 aromatic heterocycles. The smallest absolute Gasteiger partial charge is 0.243 e. The Hall–Kier alpha value is -1.38. The number of hydrogen-bond donors (Lipinski definition) is 1. The first-order valence-electron chi connectivity index (χ1n) is 7.81. The summed E-state index contributed by atoms with van der Waals surface area (Å²) in [7, 11) is -1.26. The molecule has 6 nitrogen and oxygen atoms in total. The minimum Gasteiger partial charge on any atom is -0.493 e. The molecule has 0 aliphatic rings. The lowest BCUT2D eigenvalue weighted by atomic mass is 10.2. The molecular weight excluding hydrogens is 335 g/mol. The normalized spacial score (nSPS) is 12.2. The number of nitrogens with zero attached hydrogens (tertiary/aromatic N) is 1. The maximum atomic E-state index is 14.1. The van der Waals surface area contributed by atoms with Crippen LogP contribution < -0.4 is 14.2 Å². The Kier molecular flexibility index (Phi) is 7.44. The summed E-state index contributed by atoms with van der Waals surface area (Å²) < 4.78 is 51.3. The molecule has 1 N–H and O–H groups in total. The molecule has 0 radical (unpaired) electrons. The van der Waals surface area contributed by atoms with E-state index >= 15 is 0 Å². The van der Waals surface area contributed by atoms with Crippen LogP contribution in [0.2, 0.25) is 0 Å². The summed E-state index contributed by atoms with van der Waals surface area (Å²) in [5.41, 5.74) is 0. The van der Waals surface area contributed by atoms with Crippen molar-refractivity contribution in [2.24, 2.45) is 0 Å². The third-order valence-electron chi connectivity index (χ3n) is 3.72. The Morgan fingerprint density at radius 1 is 1.08 bits per heavy atom. The molecule has 0 saturated carbocycles. The van der Waals surface area contributed by atoms with Crippen LogP contribution in [0, 0.1) is 5.82 Å². The van der Waals surface area contributed by atoms with E-state index in [1.807, 2.05) is 27.7 Å². The molecule has 24 heavy (non-hydrogen) atoms. The average molecular weight is 362 g/mol. The highest BCUT2D eigenvalue weighted by atomic mass is 32.2. The van der Waals surface area contributed by atoms with Crippen molar-refractivity contribution in [3.63, 3.8) is 0 Å². The Labute approximate surface area is 144 Å². The van der Waals surface area contributed by atoms with Gasteiger partial charge in [-0.05, 0) is 27.7 Å². The van der Waals surface area contributed by atoms with Gasteiger partial charge in [-0.25, -0.2) is 17.5 Å². The number of nitrogens with one attached hydrogen (secondary N) is 1. The van der Waals surface area contributed by atoms with Gasteiger partial charge in [-0.15, -0.1) is 0 Å². The molecule has 0 fully saturated rings. The quantitative estimate of drug-likeness (QED) is 0.730. The fraction of sp³-hybridized carbons (Fsp3) is 0.625. The summed E-state index contributed by atoms with van der Waals surface area (Å²) in [6.45, 7) is 8.89. The zero-order valence-corrected chi connectivity index (χ0v) is 15.9. The first kappa shape index (κ1) is 20.7. The molecule has 0 amide bonds. The lowest BCUT2D eigenvalue weighted by molar-refractivity contribution is 0.179. The van der Waals surface area contributed by atoms with Gasteiger partial charge in [-0.2, -0.15) is 0 Å².